The fraction of sp³-hybridized carbons (Fsp3) is 0.393. The van der Waals surface area contributed by atoms with E-state index in [2.05, 4.69) is 18.0 Å². The first-order valence-electron chi connectivity index (χ1n) is 11.8. The lowest BCUT2D eigenvalue weighted by Crippen LogP contribution is -2.60. The zero-order chi connectivity index (χ0) is 23.2. The Balaban J connectivity index is 1.47. The Hall–Kier alpha value is -2.89. The second-order valence-electron chi connectivity index (χ2n) is 9.96. The van der Waals surface area contributed by atoms with Gasteiger partial charge in [-0.2, -0.15) is 0 Å². The highest BCUT2D eigenvalue weighted by atomic mass is 16.3. The number of hydrogen-bond acceptors (Lipinski definition) is 4. The topological polar surface area (TPSA) is 64.0 Å². The molecule has 2 aliphatic rings. The number of nitrogens with zero attached hydrogens (tertiary/aromatic N) is 2. The van der Waals surface area contributed by atoms with Crippen molar-refractivity contribution in [3.05, 3.63) is 77.9 Å². The lowest BCUT2D eigenvalue weighted by Gasteiger charge is -2.55. The quantitative estimate of drug-likeness (QED) is 0.640. The Labute approximate surface area is 195 Å². The lowest BCUT2D eigenvalue weighted by molar-refractivity contribution is -0.0566. The third-order valence-corrected chi connectivity index (χ3v) is 8.02. The number of aliphatic hydroxyl groups excluding tert-OH is 1. The number of piperidine rings is 1. The van der Waals surface area contributed by atoms with Gasteiger partial charge in [0, 0.05) is 36.5 Å². The number of phenolic OH excluding ortho intramolecular Hbond substituents is 1. The Kier molecular flexibility index (Phi) is 5.63. The monoisotopic (exact) mass is 444 g/mol. The van der Waals surface area contributed by atoms with Crippen molar-refractivity contribution in [3.8, 4) is 5.75 Å². The molecule has 172 valence electrons. The number of benzene rings is 3. The highest BCUT2D eigenvalue weighted by Gasteiger charge is 2.52. The molecule has 1 heterocycles. The molecule has 2 N–H and O–H groups in total. The summed E-state index contributed by atoms with van der Waals surface area (Å²) in [5.74, 6) is 0.297. The third-order valence-electron chi connectivity index (χ3n) is 8.02. The van der Waals surface area contributed by atoms with Gasteiger partial charge in [0.05, 0.1) is 6.10 Å². The summed E-state index contributed by atoms with van der Waals surface area (Å²) in [6.45, 7) is 1.74. The summed E-state index contributed by atoms with van der Waals surface area (Å²) in [6.07, 6.45) is 1.72. The number of likely N-dealkylation sites (tertiary alicyclic amines) is 1. The number of fused-ring (bicyclic) bond motifs is 2. The summed E-state index contributed by atoms with van der Waals surface area (Å²) in [5.41, 5.74) is 1.46. The molecule has 2 fully saturated rings. The first-order valence-corrected chi connectivity index (χ1v) is 11.8. The van der Waals surface area contributed by atoms with Gasteiger partial charge in [0.25, 0.3) is 5.91 Å². The van der Waals surface area contributed by atoms with Crippen LogP contribution in [0, 0.1) is 5.92 Å². The van der Waals surface area contributed by atoms with E-state index in [1.807, 2.05) is 66.5 Å². The van der Waals surface area contributed by atoms with Crippen LogP contribution in [0.15, 0.2) is 66.7 Å². The van der Waals surface area contributed by atoms with Gasteiger partial charge in [-0.3, -0.25) is 4.79 Å². The molecule has 3 aromatic carbocycles. The molecule has 1 unspecified atom stereocenters. The average Bonchev–Trinajstić information content (AvgIpc) is 2.83. The van der Waals surface area contributed by atoms with E-state index in [0.717, 1.165) is 42.3 Å². The number of carbonyl (C=O) groups is 1. The number of phenols is 1. The zero-order valence-corrected chi connectivity index (χ0v) is 19.3. The molecule has 5 rings (SSSR count). The van der Waals surface area contributed by atoms with Crippen LogP contribution in [0.2, 0.25) is 0 Å². The van der Waals surface area contributed by atoms with E-state index in [1.165, 1.54) is 0 Å². The van der Waals surface area contributed by atoms with E-state index >= 15 is 0 Å². The van der Waals surface area contributed by atoms with E-state index < -0.39 is 6.10 Å². The second kappa shape index (κ2) is 8.47. The molecule has 5 nitrogen and oxygen atoms in total. The van der Waals surface area contributed by atoms with Crippen LogP contribution >= 0.6 is 0 Å². The van der Waals surface area contributed by atoms with Crippen LogP contribution in [0.5, 0.6) is 5.75 Å². The predicted octanol–water partition coefficient (Wildman–Crippen LogP) is 4.03. The minimum absolute atomic E-state index is 0.0182. The molecule has 1 aliphatic heterocycles. The van der Waals surface area contributed by atoms with Gasteiger partial charge in [0.2, 0.25) is 0 Å². The van der Waals surface area contributed by atoms with Crippen LogP contribution in [0.4, 0.5) is 0 Å². The molecule has 1 saturated carbocycles. The van der Waals surface area contributed by atoms with Crippen LogP contribution in [0.25, 0.3) is 10.8 Å². The van der Waals surface area contributed by atoms with Gasteiger partial charge < -0.3 is 20.0 Å². The number of aromatic hydroxyl groups is 1. The molecular weight excluding hydrogens is 412 g/mol. The van der Waals surface area contributed by atoms with E-state index in [1.54, 1.807) is 6.07 Å². The molecule has 1 aliphatic carbocycles. The van der Waals surface area contributed by atoms with Crippen LogP contribution in [0.3, 0.4) is 0 Å². The highest BCUT2D eigenvalue weighted by Crippen LogP contribution is 2.50. The molecule has 4 atom stereocenters. The lowest BCUT2D eigenvalue weighted by atomic mass is 9.57. The summed E-state index contributed by atoms with van der Waals surface area (Å²) in [7, 11) is 3.96. The van der Waals surface area contributed by atoms with Crippen molar-refractivity contribution in [2.24, 2.45) is 5.92 Å². The molecule has 1 saturated heterocycles. The summed E-state index contributed by atoms with van der Waals surface area (Å²) < 4.78 is 0. The van der Waals surface area contributed by atoms with Crippen molar-refractivity contribution in [2.75, 3.05) is 27.2 Å². The van der Waals surface area contributed by atoms with Crippen molar-refractivity contribution < 1.29 is 15.0 Å². The Morgan fingerprint density at radius 3 is 2.64 bits per heavy atom. The molecule has 0 spiro atoms. The van der Waals surface area contributed by atoms with Crippen LogP contribution in [-0.4, -0.2) is 65.3 Å². The molecular formula is C28H32N2O3. The van der Waals surface area contributed by atoms with E-state index in [-0.39, 0.29) is 29.0 Å². The van der Waals surface area contributed by atoms with Crippen molar-refractivity contribution in [1.29, 1.82) is 0 Å². The maximum atomic E-state index is 13.5. The van der Waals surface area contributed by atoms with Crippen molar-refractivity contribution in [2.45, 2.75) is 36.8 Å². The largest absolute Gasteiger partial charge is 0.508 e. The summed E-state index contributed by atoms with van der Waals surface area (Å²) in [6, 6.07) is 21.3. The fourth-order valence-electron chi connectivity index (χ4n) is 6.15. The van der Waals surface area contributed by atoms with Crippen LogP contribution < -0.4 is 0 Å². The third kappa shape index (κ3) is 3.90. The molecule has 3 aromatic rings. The Morgan fingerprint density at radius 2 is 1.85 bits per heavy atom. The van der Waals surface area contributed by atoms with Crippen molar-refractivity contribution >= 4 is 16.7 Å². The minimum atomic E-state index is -0.513. The molecule has 1 amide bonds. The predicted molar refractivity (Wildman–Crippen MR) is 130 cm³/mol. The molecule has 33 heavy (non-hydrogen) atoms. The molecule has 0 radical (unpaired) electrons. The highest BCUT2D eigenvalue weighted by molar-refractivity contribution is 5.98. The number of rotatable bonds is 3. The van der Waals surface area contributed by atoms with Crippen LogP contribution in [0.1, 0.15) is 35.2 Å². The van der Waals surface area contributed by atoms with Gasteiger partial charge in [-0.25, -0.2) is 0 Å². The van der Waals surface area contributed by atoms with Gasteiger partial charge in [-0.1, -0.05) is 42.5 Å². The zero-order valence-electron chi connectivity index (χ0n) is 19.3. The smallest absolute Gasteiger partial charge is 0.253 e. The van der Waals surface area contributed by atoms with Gasteiger partial charge in [-0.15, -0.1) is 0 Å². The SMILES string of the molecule is CN1CC[C@@]2(c3cccc(O)c3)C[C@@H](N(C)C(=O)c3ccc4ccccc4c3)CC(O)[C@@H]2C1. The first-order chi connectivity index (χ1) is 15.9. The maximum Gasteiger partial charge on any atom is 0.253 e. The number of hydrogen-bond donors (Lipinski definition) is 2. The molecule has 0 bridgehead atoms. The molecule has 0 aromatic heterocycles. The van der Waals surface area contributed by atoms with E-state index in [9.17, 15) is 15.0 Å². The summed E-state index contributed by atoms with van der Waals surface area (Å²) >= 11 is 0. The van der Waals surface area contributed by atoms with Gasteiger partial charge in [-0.05, 0) is 73.5 Å². The Bertz CT molecular complexity index is 1180. The van der Waals surface area contributed by atoms with Crippen molar-refractivity contribution in [1.82, 2.24) is 9.80 Å². The van der Waals surface area contributed by atoms with Crippen LogP contribution in [-0.2, 0) is 5.41 Å². The number of carbonyl (C=O) groups excluding carboxylic acids is 1. The van der Waals surface area contributed by atoms with E-state index in [0.29, 0.717) is 12.0 Å². The summed E-state index contributed by atoms with van der Waals surface area (Å²) in [5, 5.41) is 23.7. The average molecular weight is 445 g/mol. The number of aliphatic hydroxyl groups is 1. The Morgan fingerprint density at radius 1 is 1.06 bits per heavy atom. The normalized spacial score (nSPS) is 27.8. The second-order valence-corrected chi connectivity index (χ2v) is 9.96. The molecule has 5 heteroatoms. The maximum absolute atomic E-state index is 13.5. The standard InChI is InChI=1S/C28H32N2O3/c1-29-13-12-28(22-8-5-9-24(31)15-22)17-23(16-26(32)25(28)18-29)30(2)27(33)21-11-10-19-6-3-4-7-20(19)14-21/h3-11,14-15,23,25-26,31-32H,12-13,16-18H2,1-2H3/t23-,25-,26?,28-/m0/s1. The van der Waals surface area contributed by atoms with E-state index in [4.69, 9.17) is 0 Å². The van der Waals surface area contributed by atoms with Gasteiger partial charge in [0.15, 0.2) is 0 Å². The van der Waals surface area contributed by atoms with Gasteiger partial charge in [0.1, 0.15) is 5.75 Å². The minimum Gasteiger partial charge on any atom is -0.508 e. The first kappa shape index (κ1) is 21.9. The number of amides is 1. The summed E-state index contributed by atoms with van der Waals surface area (Å²) in [4.78, 5) is 17.6. The fourth-order valence-corrected chi connectivity index (χ4v) is 6.15. The van der Waals surface area contributed by atoms with Crippen molar-refractivity contribution in [3.63, 3.8) is 0 Å². The van der Waals surface area contributed by atoms with Gasteiger partial charge >= 0.3 is 0 Å².